The highest BCUT2D eigenvalue weighted by Gasteiger charge is 2.18. The first-order valence-electron chi connectivity index (χ1n) is 7.82. The second kappa shape index (κ2) is 7.82. The van der Waals surface area contributed by atoms with Gasteiger partial charge in [-0.05, 0) is 42.9 Å². The number of primary amides is 1. The maximum Gasteiger partial charge on any atom is 0.260 e. The minimum absolute atomic E-state index is 0.0373. The van der Waals surface area contributed by atoms with Crippen LogP contribution in [0.15, 0.2) is 24.3 Å². The highest BCUT2D eigenvalue weighted by Crippen LogP contribution is 2.17. The number of likely N-dealkylation sites (tertiary alicyclic amines) is 1. The summed E-state index contributed by atoms with van der Waals surface area (Å²) in [7, 11) is 0. The Bertz CT molecular complexity index is 513. The molecular weight excluding hydrogens is 280 g/mol. The van der Waals surface area contributed by atoms with Gasteiger partial charge in [-0.2, -0.15) is 0 Å². The minimum atomic E-state index is -0.362. The average molecular weight is 304 g/mol. The van der Waals surface area contributed by atoms with Crippen LogP contribution in [0.4, 0.5) is 0 Å². The minimum Gasteiger partial charge on any atom is -0.484 e. The van der Waals surface area contributed by atoms with Gasteiger partial charge in [-0.1, -0.05) is 19.1 Å². The lowest BCUT2D eigenvalue weighted by molar-refractivity contribution is -0.133. The van der Waals surface area contributed by atoms with Gasteiger partial charge in [0.2, 0.25) is 5.91 Å². The Balaban J connectivity index is 1.81. The van der Waals surface area contributed by atoms with Crippen LogP contribution >= 0.6 is 0 Å². The zero-order chi connectivity index (χ0) is 15.9. The van der Waals surface area contributed by atoms with E-state index in [1.54, 1.807) is 24.3 Å². The molecule has 1 aliphatic rings. The van der Waals surface area contributed by atoms with Gasteiger partial charge >= 0.3 is 0 Å². The maximum atomic E-state index is 12.2. The van der Waals surface area contributed by atoms with E-state index in [9.17, 15) is 9.59 Å². The number of ether oxygens (including phenoxy) is 1. The standard InChI is InChI=1S/C17H24N2O3/c1-13-3-2-9-19(10-8-13)17(21)12-22-15-6-4-14(5-7-15)11-16(18)20/h4-7,13H,2-3,8-12H2,1H3,(H2,18,20). The fourth-order valence-corrected chi connectivity index (χ4v) is 2.65. The molecule has 0 radical (unpaired) electrons. The first kappa shape index (κ1) is 16.3. The van der Waals surface area contributed by atoms with Crippen LogP contribution in [-0.2, 0) is 16.0 Å². The lowest BCUT2D eigenvalue weighted by Gasteiger charge is -2.20. The molecule has 1 aliphatic heterocycles. The van der Waals surface area contributed by atoms with Gasteiger partial charge < -0.3 is 15.4 Å². The molecule has 1 aromatic carbocycles. The highest BCUT2D eigenvalue weighted by atomic mass is 16.5. The summed E-state index contributed by atoms with van der Waals surface area (Å²) >= 11 is 0. The van der Waals surface area contributed by atoms with E-state index in [1.807, 2.05) is 4.90 Å². The van der Waals surface area contributed by atoms with Crippen molar-refractivity contribution in [3.8, 4) is 5.75 Å². The van der Waals surface area contributed by atoms with Gasteiger partial charge in [0.1, 0.15) is 5.75 Å². The molecule has 1 unspecified atom stereocenters. The molecule has 0 aliphatic carbocycles. The third-order valence-electron chi connectivity index (χ3n) is 4.03. The Kier molecular flexibility index (Phi) is 5.81. The van der Waals surface area contributed by atoms with Gasteiger partial charge in [0.25, 0.3) is 5.91 Å². The molecule has 1 atom stereocenters. The van der Waals surface area contributed by atoms with E-state index in [0.29, 0.717) is 11.7 Å². The molecule has 0 spiro atoms. The molecule has 5 nitrogen and oxygen atoms in total. The van der Waals surface area contributed by atoms with Crippen molar-refractivity contribution in [1.82, 2.24) is 4.90 Å². The Hall–Kier alpha value is -2.04. The van der Waals surface area contributed by atoms with Gasteiger partial charge in [-0.25, -0.2) is 0 Å². The van der Waals surface area contributed by atoms with Crippen molar-refractivity contribution in [3.05, 3.63) is 29.8 Å². The summed E-state index contributed by atoms with van der Waals surface area (Å²) in [5, 5.41) is 0. The van der Waals surface area contributed by atoms with Crippen molar-refractivity contribution in [2.45, 2.75) is 32.6 Å². The molecular formula is C17H24N2O3. The number of amides is 2. The first-order chi connectivity index (χ1) is 10.5. The van der Waals surface area contributed by atoms with E-state index in [1.165, 1.54) is 6.42 Å². The van der Waals surface area contributed by atoms with Crippen molar-refractivity contribution in [2.24, 2.45) is 11.7 Å². The Morgan fingerprint density at radius 3 is 2.64 bits per heavy atom. The van der Waals surface area contributed by atoms with Crippen LogP contribution in [0.3, 0.4) is 0 Å². The fraction of sp³-hybridized carbons (Fsp3) is 0.529. The summed E-state index contributed by atoms with van der Waals surface area (Å²) in [5.74, 6) is 0.996. The monoisotopic (exact) mass is 304 g/mol. The molecule has 5 heteroatoms. The Morgan fingerprint density at radius 2 is 1.95 bits per heavy atom. The third kappa shape index (κ3) is 5.06. The van der Waals surface area contributed by atoms with E-state index in [2.05, 4.69) is 6.92 Å². The topological polar surface area (TPSA) is 72.6 Å². The maximum absolute atomic E-state index is 12.2. The SMILES string of the molecule is CC1CCCN(C(=O)COc2ccc(CC(N)=O)cc2)CC1. The van der Waals surface area contributed by atoms with Crippen LogP contribution in [-0.4, -0.2) is 36.4 Å². The first-order valence-corrected chi connectivity index (χ1v) is 7.82. The van der Waals surface area contributed by atoms with Crippen molar-refractivity contribution < 1.29 is 14.3 Å². The summed E-state index contributed by atoms with van der Waals surface area (Å²) in [5.41, 5.74) is 5.99. The van der Waals surface area contributed by atoms with Crippen molar-refractivity contribution in [1.29, 1.82) is 0 Å². The number of hydrogen-bond donors (Lipinski definition) is 1. The van der Waals surface area contributed by atoms with Crippen molar-refractivity contribution >= 4 is 11.8 Å². The third-order valence-corrected chi connectivity index (χ3v) is 4.03. The van der Waals surface area contributed by atoms with Crippen molar-refractivity contribution in [3.63, 3.8) is 0 Å². The smallest absolute Gasteiger partial charge is 0.260 e. The predicted octanol–water partition coefficient (Wildman–Crippen LogP) is 1.74. The van der Waals surface area contributed by atoms with E-state index in [0.717, 1.165) is 31.5 Å². The zero-order valence-corrected chi connectivity index (χ0v) is 13.1. The lowest BCUT2D eigenvalue weighted by Crippen LogP contribution is -2.35. The van der Waals surface area contributed by atoms with Gasteiger partial charge in [0.05, 0.1) is 6.42 Å². The van der Waals surface area contributed by atoms with E-state index in [-0.39, 0.29) is 24.8 Å². The van der Waals surface area contributed by atoms with Crippen molar-refractivity contribution in [2.75, 3.05) is 19.7 Å². The zero-order valence-electron chi connectivity index (χ0n) is 13.1. The second-order valence-corrected chi connectivity index (χ2v) is 5.99. The second-order valence-electron chi connectivity index (χ2n) is 5.99. The van der Waals surface area contributed by atoms with Gasteiger partial charge in [0.15, 0.2) is 6.61 Å². The summed E-state index contributed by atoms with van der Waals surface area (Å²) in [4.78, 5) is 24.9. The normalized spacial score (nSPS) is 18.6. The molecule has 1 aromatic rings. The number of benzene rings is 1. The van der Waals surface area contributed by atoms with E-state index in [4.69, 9.17) is 10.5 Å². The van der Waals surface area contributed by atoms with Crippen LogP contribution in [0.5, 0.6) is 5.75 Å². The summed E-state index contributed by atoms with van der Waals surface area (Å²) in [6, 6.07) is 7.10. The van der Waals surface area contributed by atoms with Gasteiger partial charge in [-0.15, -0.1) is 0 Å². The van der Waals surface area contributed by atoms with Crippen LogP contribution in [0.2, 0.25) is 0 Å². The molecule has 1 heterocycles. The molecule has 2 rings (SSSR count). The number of nitrogens with zero attached hydrogens (tertiary/aromatic N) is 1. The lowest BCUT2D eigenvalue weighted by atomic mass is 10.0. The average Bonchev–Trinajstić information content (AvgIpc) is 2.70. The number of rotatable bonds is 5. The quantitative estimate of drug-likeness (QED) is 0.900. The van der Waals surface area contributed by atoms with Crippen LogP contribution in [0, 0.1) is 5.92 Å². The summed E-state index contributed by atoms with van der Waals surface area (Å²) in [6.07, 6.45) is 3.53. The van der Waals surface area contributed by atoms with E-state index < -0.39 is 0 Å². The molecule has 120 valence electrons. The van der Waals surface area contributed by atoms with E-state index >= 15 is 0 Å². The predicted molar refractivity (Wildman–Crippen MR) is 84.4 cm³/mol. The number of nitrogens with two attached hydrogens (primary N) is 1. The molecule has 1 fully saturated rings. The number of carbonyl (C=O) groups excluding carboxylic acids is 2. The number of carbonyl (C=O) groups is 2. The summed E-state index contributed by atoms with van der Waals surface area (Å²) < 4.78 is 5.54. The fourth-order valence-electron chi connectivity index (χ4n) is 2.65. The van der Waals surface area contributed by atoms with Gasteiger partial charge in [-0.3, -0.25) is 9.59 Å². The van der Waals surface area contributed by atoms with Gasteiger partial charge in [0, 0.05) is 13.1 Å². The largest absolute Gasteiger partial charge is 0.484 e. The summed E-state index contributed by atoms with van der Waals surface area (Å²) in [6.45, 7) is 3.94. The molecule has 2 amide bonds. The molecule has 22 heavy (non-hydrogen) atoms. The van der Waals surface area contributed by atoms with Crippen LogP contribution < -0.4 is 10.5 Å². The van der Waals surface area contributed by atoms with Crippen LogP contribution in [0.25, 0.3) is 0 Å². The van der Waals surface area contributed by atoms with Crippen LogP contribution in [0.1, 0.15) is 31.7 Å². The number of hydrogen-bond acceptors (Lipinski definition) is 3. The molecule has 1 saturated heterocycles. The highest BCUT2D eigenvalue weighted by molar-refractivity contribution is 5.78. The molecule has 0 saturated carbocycles. The molecule has 0 aromatic heterocycles. The molecule has 2 N–H and O–H groups in total. The molecule has 0 bridgehead atoms. The Morgan fingerprint density at radius 1 is 1.23 bits per heavy atom. The Labute approximate surface area is 131 Å².